The lowest BCUT2D eigenvalue weighted by molar-refractivity contribution is -0.132. The van der Waals surface area contributed by atoms with Gasteiger partial charge in [-0.15, -0.1) is 0 Å². The highest BCUT2D eigenvalue weighted by molar-refractivity contribution is 6.01. The van der Waals surface area contributed by atoms with Gasteiger partial charge in [0.25, 0.3) is 0 Å². The van der Waals surface area contributed by atoms with Gasteiger partial charge in [0.15, 0.2) is 5.78 Å². The lowest BCUT2D eigenvalue weighted by Gasteiger charge is -2.32. The Morgan fingerprint density at radius 3 is 2.68 bits per heavy atom. The smallest absolute Gasteiger partial charge is 0.222 e. The van der Waals surface area contributed by atoms with Gasteiger partial charge in [-0.05, 0) is 47.7 Å². The van der Waals surface area contributed by atoms with E-state index in [0.717, 1.165) is 41.2 Å². The summed E-state index contributed by atoms with van der Waals surface area (Å²) in [6.45, 7) is 1.27. The lowest BCUT2D eigenvalue weighted by Crippen LogP contribution is -2.42. The van der Waals surface area contributed by atoms with Gasteiger partial charge < -0.3 is 9.88 Å². The first-order valence-corrected chi connectivity index (χ1v) is 11.0. The number of aromatic amines is 1. The summed E-state index contributed by atoms with van der Waals surface area (Å²) in [6, 6.07) is 22.2. The molecular formula is C27H26N2O2. The van der Waals surface area contributed by atoms with Crippen LogP contribution in [0.25, 0.3) is 21.7 Å². The molecule has 4 aromatic rings. The molecular weight excluding hydrogens is 384 g/mol. The minimum absolute atomic E-state index is 0.119. The maximum Gasteiger partial charge on any atom is 0.222 e. The Bertz CT molecular complexity index is 1260. The van der Waals surface area contributed by atoms with Crippen molar-refractivity contribution in [1.82, 2.24) is 9.88 Å². The molecule has 1 unspecified atom stereocenters. The largest absolute Gasteiger partial charge is 0.361 e. The van der Waals surface area contributed by atoms with Gasteiger partial charge in [0, 0.05) is 48.1 Å². The van der Waals surface area contributed by atoms with Crippen LogP contribution in [0.2, 0.25) is 0 Å². The van der Waals surface area contributed by atoms with Crippen molar-refractivity contribution in [3.63, 3.8) is 0 Å². The second-order valence-corrected chi connectivity index (χ2v) is 8.46. The van der Waals surface area contributed by atoms with Gasteiger partial charge in [0.1, 0.15) is 0 Å². The summed E-state index contributed by atoms with van der Waals surface area (Å²) < 4.78 is 0. The van der Waals surface area contributed by atoms with E-state index in [4.69, 9.17) is 0 Å². The van der Waals surface area contributed by atoms with Crippen LogP contribution in [0.15, 0.2) is 72.9 Å². The summed E-state index contributed by atoms with van der Waals surface area (Å²) in [7, 11) is 0. The van der Waals surface area contributed by atoms with Gasteiger partial charge >= 0.3 is 0 Å². The Balaban J connectivity index is 1.24. The van der Waals surface area contributed by atoms with Crippen LogP contribution in [-0.4, -0.2) is 34.7 Å². The first-order chi connectivity index (χ1) is 15.2. The van der Waals surface area contributed by atoms with Crippen LogP contribution in [0.3, 0.4) is 0 Å². The number of rotatable bonds is 5. The molecule has 0 bridgehead atoms. The number of likely N-dealkylation sites (tertiary alicyclic amines) is 1. The van der Waals surface area contributed by atoms with Crippen LogP contribution in [0.5, 0.6) is 0 Å². The lowest BCUT2D eigenvalue weighted by atomic mass is 9.89. The Hall–Kier alpha value is -3.40. The quantitative estimate of drug-likeness (QED) is 0.449. The third kappa shape index (κ3) is 3.98. The predicted octanol–water partition coefficient (Wildman–Crippen LogP) is 5.38. The van der Waals surface area contributed by atoms with E-state index >= 15 is 0 Å². The molecule has 0 radical (unpaired) electrons. The average molecular weight is 411 g/mol. The number of H-pyrrole nitrogens is 1. The zero-order valence-electron chi connectivity index (χ0n) is 17.5. The Kier molecular flexibility index (Phi) is 5.29. The van der Waals surface area contributed by atoms with Gasteiger partial charge in [-0.25, -0.2) is 0 Å². The van der Waals surface area contributed by atoms with Crippen LogP contribution in [0, 0.1) is 5.92 Å². The van der Waals surface area contributed by atoms with Crippen LogP contribution in [0.4, 0.5) is 0 Å². The number of fused-ring (bicyclic) bond motifs is 2. The predicted molar refractivity (Wildman–Crippen MR) is 124 cm³/mol. The van der Waals surface area contributed by atoms with E-state index in [1.807, 2.05) is 65.7 Å². The zero-order valence-corrected chi connectivity index (χ0v) is 17.5. The number of para-hydroxylation sites is 1. The molecule has 0 saturated carbocycles. The Morgan fingerprint density at radius 2 is 1.77 bits per heavy atom. The summed E-state index contributed by atoms with van der Waals surface area (Å²) >= 11 is 0. The van der Waals surface area contributed by atoms with Crippen LogP contribution in [0.1, 0.15) is 35.2 Å². The standard InChI is InChI=1S/C27H26N2O2/c30-26(14-13-22-17-28-25-10-4-3-9-24(22)25)29-15-5-8-23(18-29)27(31)21-12-11-19-6-1-2-7-20(19)16-21/h1-4,6-7,9-12,16-17,23,28H,5,8,13-15,18H2. The maximum atomic E-state index is 13.2. The highest BCUT2D eigenvalue weighted by Crippen LogP contribution is 2.25. The van der Waals surface area contributed by atoms with Crippen molar-refractivity contribution in [2.45, 2.75) is 25.7 Å². The number of benzene rings is 3. The molecule has 156 valence electrons. The average Bonchev–Trinajstić information content (AvgIpc) is 3.25. The molecule has 4 nitrogen and oxygen atoms in total. The van der Waals surface area contributed by atoms with Crippen molar-refractivity contribution in [3.8, 4) is 0 Å². The number of hydrogen-bond acceptors (Lipinski definition) is 2. The van der Waals surface area contributed by atoms with Crippen molar-refractivity contribution < 1.29 is 9.59 Å². The monoisotopic (exact) mass is 410 g/mol. The SMILES string of the molecule is O=C(c1ccc2ccccc2c1)C1CCCN(C(=O)CCc2c[nH]c3ccccc23)C1. The van der Waals surface area contributed by atoms with E-state index in [1.54, 1.807) is 0 Å². The molecule has 4 heteroatoms. The molecule has 1 N–H and O–H groups in total. The van der Waals surface area contributed by atoms with Gasteiger partial charge in [-0.2, -0.15) is 0 Å². The van der Waals surface area contributed by atoms with E-state index in [1.165, 1.54) is 10.9 Å². The van der Waals surface area contributed by atoms with Gasteiger partial charge in [0.05, 0.1) is 0 Å². The summed E-state index contributed by atoms with van der Waals surface area (Å²) in [5.41, 5.74) is 3.02. The molecule has 0 aliphatic carbocycles. The number of ketones is 1. The van der Waals surface area contributed by atoms with Gasteiger partial charge in [-0.3, -0.25) is 9.59 Å². The maximum absolute atomic E-state index is 13.2. The van der Waals surface area contributed by atoms with Crippen molar-refractivity contribution >= 4 is 33.4 Å². The fraction of sp³-hybridized carbons (Fsp3) is 0.259. The number of carbonyl (C=O) groups is 2. The number of nitrogens with zero attached hydrogens (tertiary/aromatic N) is 1. The summed E-state index contributed by atoms with van der Waals surface area (Å²) in [4.78, 5) is 31.2. The molecule has 1 saturated heterocycles. The molecule has 3 aromatic carbocycles. The number of carbonyl (C=O) groups excluding carboxylic acids is 2. The van der Waals surface area contributed by atoms with E-state index in [2.05, 4.69) is 17.1 Å². The zero-order chi connectivity index (χ0) is 21.2. The Morgan fingerprint density at radius 1 is 0.968 bits per heavy atom. The molecule has 1 fully saturated rings. The molecule has 2 heterocycles. The Labute approximate surface area is 181 Å². The van der Waals surface area contributed by atoms with E-state index in [0.29, 0.717) is 19.4 Å². The number of piperidine rings is 1. The number of aryl methyl sites for hydroxylation is 1. The number of amides is 1. The third-order valence-electron chi connectivity index (χ3n) is 6.46. The highest BCUT2D eigenvalue weighted by Gasteiger charge is 2.29. The summed E-state index contributed by atoms with van der Waals surface area (Å²) in [5.74, 6) is 0.174. The molecule has 5 rings (SSSR count). The van der Waals surface area contributed by atoms with E-state index < -0.39 is 0 Å². The van der Waals surface area contributed by atoms with E-state index in [9.17, 15) is 9.59 Å². The van der Waals surface area contributed by atoms with Crippen molar-refractivity contribution in [2.75, 3.05) is 13.1 Å². The molecule has 1 amide bonds. The van der Waals surface area contributed by atoms with Crippen LogP contribution in [-0.2, 0) is 11.2 Å². The van der Waals surface area contributed by atoms with Crippen LogP contribution >= 0.6 is 0 Å². The fourth-order valence-electron chi connectivity index (χ4n) is 4.73. The minimum atomic E-state index is -0.119. The topological polar surface area (TPSA) is 53.2 Å². The van der Waals surface area contributed by atoms with Crippen molar-refractivity contribution in [3.05, 3.63) is 84.1 Å². The highest BCUT2D eigenvalue weighted by atomic mass is 16.2. The van der Waals surface area contributed by atoms with E-state index in [-0.39, 0.29) is 17.6 Å². The second-order valence-electron chi connectivity index (χ2n) is 8.46. The molecule has 1 atom stereocenters. The van der Waals surface area contributed by atoms with Crippen molar-refractivity contribution in [2.24, 2.45) is 5.92 Å². The fourth-order valence-corrected chi connectivity index (χ4v) is 4.73. The number of nitrogens with one attached hydrogen (secondary N) is 1. The molecule has 1 aliphatic rings. The van der Waals surface area contributed by atoms with Gasteiger partial charge in [-0.1, -0.05) is 54.6 Å². The first kappa shape index (κ1) is 19.6. The number of hydrogen-bond donors (Lipinski definition) is 1. The summed E-state index contributed by atoms with van der Waals surface area (Å²) in [5, 5.41) is 3.39. The second kappa shape index (κ2) is 8.38. The number of aromatic nitrogens is 1. The summed E-state index contributed by atoms with van der Waals surface area (Å²) in [6.07, 6.45) is 4.91. The third-order valence-corrected chi connectivity index (χ3v) is 6.46. The molecule has 1 aliphatic heterocycles. The number of Topliss-reactive ketones (excluding diaryl/α,β-unsaturated/α-hetero) is 1. The normalized spacial score (nSPS) is 16.6. The van der Waals surface area contributed by atoms with Crippen molar-refractivity contribution in [1.29, 1.82) is 0 Å². The first-order valence-electron chi connectivity index (χ1n) is 11.0. The molecule has 0 spiro atoms. The molecule has 1 aromatic heterocycles. The van der Waals surface area contributed by atoms with Gasteiger partial charge in [0.2, 0.25) is 5.91 Å². The molecule has 31 heavy (non-hydrogen) atoms. The minimum Gasteiger partial charge on any atom is -0.361 e. The van der Waals surface area contributed by atoms with Crippen LogP contribution < -0.4 is 0 Å².